The third-order valence-electron chi connectivity index (χ3n) is 2.57. The highest BCUT2D eigenvalue weighted by molar-refractivity contribution is 14.1. The lowest BCUT2D eigenvalue weighted by Crippen LogP contribution is -1.97. The van der Waals surface area contributed by atoms with Gasteiger partial charge in [-0.05, 0) is 46.9 Å². The minimum absolute atomic E-state index is 0.621. The van der Waals surface area contributed by atoms with Gasteiger partial charge in [0.2, 0.25) is 5.95 Å². The summed E-state index contributed by atoms with van der Waals surface area (Å²) in [4.78, 5) is 8.78. The van der Waals surface area contributed by atoms with Crippen molar-refractivity contribution in [2.75, 3.05) is 5.32 Å². The van der Waals surface area contributed by atoms with Crippen LogP contribution in [0.15, 0.2) is 54.7 Å². The molecule has 0 atom stereocenters. The number of fused-ring (bicyclic) bond motifs is 1. The quantitative estimate of drug-likeness (QED) is 0.713. The van der Waals surface area contributed by atoms with Crippen LogP contribution in [0.25, 0.3) is 10.9 Å². The molecule has 0 bridgehead atoms. The Morgan fingerprint density at radius 2 is 1.89 bits per heavy atom. The van der Waals surface area contributed by atoms with Crippen molar-refractivity contribution >= 4 is 45.1 Å². The number of rotatable bonds is 2. The van der Waals surface area contributed by atoms with E-state index in [2.05, 4.69) is 43.9 Å². The fourth-order valence-corrected chi connectivity index (χ4v) is 2.27. The van der Waals surface area contributed by atoms with Crippen LogP contribution in [0.3, 0.4) is 0 Å². The Kier molecular flexibility index (Phi) is 3.10. The summed E-state index contributed by atoms with van der Waals surface area (Å²) in [6.07, 6.45) is 1.83. The van der Waals surface area contributed by atoms with Crippen molar-refractivity contribution in [2.24, 2.45) is 0 Å². The molecule has 0 aliphatic heterocycles. The van der Waals surface area contributed by atoms with Crippen LogP contribution >= 0.6 is 22.6 Å². The second kappa shape index (κ2) is 4.89. The van der Waals surface area contributed by atoms with Crippen molar-refractivity contribution in [3.63, 3.8) is 0 Å². The molecule has 4 heteroatoms. The molecule has 3 rings (SSSR count). The Morgan fingerprint density at radius 3 is 2.78 bits per heavy atom. The third-order valence-corrected chi connectivity index (χ3v) is 3.24. The Hall–Kier alpha value is -1.69. The van der Waals surface area contributed by atoms with Crippen molar-refractivity contribution in [2.45, 2.75) is 0 Å². The summed E-state index contributed by atoms with van der Waals surface area (Å²) >= 11 is 2.28. The summed E-state index contributed by atoms with van der Waals surface area (Å²) < 4.78 is 1.18. The van der Waals surface area contributed by atoms with Crippen LogP contribution in [0.4, 0.5) is 11.6 Å². The normalized spacial score (nSPS) is 10.5. The molecule has 1 N–H and O–H groups in total. The maximum atomic E-state index is 4.48. The summed E-state index contributed by atoms with van der Waals surface area (Å²) in [5, 5.41) is 4.26. The number of para-hydroxylation sites is 1. The molecular formula is C14H10IN3. The van der Waals surface area contributed by atoms with Gasteiger partial charge in [-0.25, -0.2) is 9.97 Å². The van der Waals surface area contributed by atoms with E-state index in [1.54, 1.807) is 0 Å². The van der Waals surface area contributed by atoms with Gasteiger partial charge in [-0.3, -0.25) is 0 Å². The molecule has 0 fully saturated rings. The molecule has 3 aromatic rings. The van der Waals surface area contributed by atoms with Gasteiger partial charge in [-0.2, -0.15) is 0 Å². The molecule has 0 saturated heterocycles. The number of anilines is 2. The molecule has 3 nitrogen and oxygen atoms in total. The topological polar surface area (TPSA) is 37.8 Å². The van der Waals surface area contributed by atoms with E-state index < -0.39 is 0 Å². The average molecular weight is 347 g/mol. The third kappa shape index (κ3) is 2.43. The van der Waals surface area contributed by atoms with Crippen LogP contribution in [0, 0.1) is 3.57 Å². The maximum absolute atomic E-state index is 4.48. The zero-order valence-corrected chi connectivity index (χ0v) is 11.6. The van der Waals surface area contributed by atoms with E-state index in [4.69, 9.17) is 0 Å². The van der Waals surface area contributed by atoms with E-state index in [1.807, 2.05) is 48.7 Å². The van der Waals surface area contributed by atoms with E-state index in [-0.39, 0.29) is 0 Å². The lowest BCUT2D eigenvalue weighted by Gasteiger charge is -2.05. The lowest BCUT2D eigenvalue weighted by molar-refractivity contribution is 1.21. The molecule has 2 aromatic carbocycles. The molecule has 0 unspecified atom stereocenters. The summed E-state index contributed by atoms with van der Waals surface area (Å²) in [6.45, 7) is 0. The summed E-state index contributed by atoms with van der Waals surface area (Å²) in [6, 6.07) is 16.1. The molecule has 0 aliphatic rings. The summed E-state index contributed by atoms with van der Waals surface area (Å²) in [5.74, 6) is 0.621. The van der Waals surface area contributed by atoms with Gasteiger partial charge >= 0.3 is 0 Å². The Morgan fingerprint density at radius 1 is 1.00 bits per heavy atom. The zero-order chi connectivity index (χ0) is 12.4. The first-order valence-electron chi connectivity index (χ1n) is 5.56. The Labute approximate surface area is 118 Å². The van der Waals surface area contributed by atoms with Crippen LogP contribution in [0.1, 0.15) is 0 Å². The largest absolute Gasteiger partial charge is 0.324 e. The maximum Gasteiger partial charge on any atom is 0.227 e. The van der Waals surface area contributed by atoms with Gasteiger partial charge in [0, 0.05) is 20.8 Å². The van der Waals surface area contributed by atoms with Crippen LogP contribution in [-0.4, -0.2) is 9.97 Å². The average Bonchev–Trinajstić information content (AvgIpc) is 2.39. The smallest absolute Gasteiger partial charge is 0.227 e. The lowest BCUT2D eigenvalue weighted by atomic mass is 10.2. The number of hydrogen-bond donors (Lipinski definition) is 1. The monoisotopic (exact) mass is 347 g/mol. The minimum Gasteiger partial charge on any atom is -0.324 e. The predicted molar refractivity (Wildman–Crippen MR) is 82.0 cm³/mol. The highest BCUT2D eigenvalue weighted by Crippen LogP contribution is 2.18. The van der Waals surface area contributed by atoms with E-state index >= 15 is 0 Å². The van der Waals surface area contributed by atoms with Crippen LogP contribution < -0.4 is 5.32 Å². The van der Waals surface area contributed by atoms with Crippen LogP contribution in [-0.2, 0) is 0 Å². The van der Waals surface area contributed by atoms with Gasteiger partial charge in [0.1, 0.15) is 0 Å². The number of nitrogens with zero attached hydrogens (tertiary/aromatic N) is 2. The molecule has 0 aliphatic carbocycles. The van der Waals surface area contributed by atoms with Crippen LogP contribution in [0.5, 0.6) is 0 Å². The molecule has 0 saturated carbocycles. The van der Waals surface area contributed by atoms with Gasteiger partial charge in [-0.15, -0.1) is 0 Å². The van der Waals surface area contributed by atoms with Gasteiger partial charge in [0.15, 0.2) is 0 Å². The summed E-state index contributed by atoms with van der Waals surface area (Å²) in [5.41, 5.74) is 1.94. The Bertz CT molecular complexity index is 697. The molecule has 0 amide bonds. The van der Waals surface area contributed by atoms with E-state index in [1.165, 1.54) is 3.57 Å². The molecule has 88 valence electrons. The number of hydrogen-bond acceptors (Lipinski definition) is 3. The Balaban J connectivity index is 1.95. The van der Waals surface area contributed by atoms with Crippen molar-refractivity contribution in [3.8, 4) is 0 Å². The number of halogens is 1. The highest BCUT2D eigenvalue weighted by Gasteiger charge is 2.00. The molecule has 18 heavy (non-hydrogen) atoms. The van der Waals surface area contributed by atoms with E-state index in [0.717, 1.165) is 16.6 Å². The first kappa shape index (κ1) is 11.4. The highest BCUT2D eigenvalue weighted by atomic mass is 127. The molecule has 0 radical (unpaired) electrons. The fourth-order valence-electron chi connectivity index (χ4n) is 1.73. The second-order valence-electron chi connectivity index (χ2n) is 3.89. The predicted octanol–water partition coefficient (Wildman–Crippen LogP) is 3.98. The van der Waals surface area contributed by atoms with Crippen molar-refractivity contribution in [1.82, 2.24) is 9.97 Å². The van der Waals surface area contributed by atoms with E-state index in [0.29, 0.717) is 5.95 Å². The number of benzene rings is 2. The zero-order valence-electron chi connectivity index (χ0n) is 9.47. The molecule has 0 spiro atoms. The minimum atomic E-state index is 0.621. The van der Waals surface area contributed by atoms with Crippen molar-refractivity contribution in [3.05, 3.63) is 58.3 Å². The van der Waals surface area contributed by atoms with E-state index in [9.17, 15) is 0 Å². The molecule has 1 heterocycles. The number of nitrogens with one attached hydrogen (secondary N) is 1. The van der Waals surface area contributed by atoms with Crippen molar-refractivity contribution in [1.29, 1.82) is 0 Å². The first-order valence-corrected chi connectivity index (χ1v) is 6.63. The number of aromatic nitrogens is 2. The van der Waals surface area contributed by atoms with Gasteiger partial charge in [0.05, 0.1) is 5.52 Å². The van der Waals surface area contributed by atoms with Gasteiger partial charge < -0.3 is 5.32 Å². The summed E-state index contributed by atoms with van der Waals surface area (Å²) in [7, 11) is 0. The van der Waals surface area contributed by atoms with Crippen LogP contribution in [0.2, 0.25) is 0 Å². The fraction of sp³-hybridized carbons (Fsp3) is 0. The molecule has 1 aromatic heterocycles. The standard InChI is InChI=1S/C14H10IN3/c15-11-5-3-6-12(8-11)17-14-16-9-10-4-1-2-7-13(10)18-14/h1-9H,(H,16,17,18). The van der Waals surface area contributed by atoms with Gasteiger partial charge in [-0.1, -0.05) is 24.3 Å². The van der Waals surface area contributed by atoms with Crippen molar-refractivity contribution < 1.29 is 0 Å². The van der Waals surface area contributed by atoms with Gasteiger partial charge in [0.25, 0.3) is 0 Å². The molecular weight excluding hydrogens is 337 g/mol. The first-order chi connectivity index (χ1) is 8.81. The SMILES string of the molecule is Ic1cccc(Nc2ncc3ccccc3n2)c1. The second-order valence-corrected chi connectivity index (χ2v) is 5.13.